The molecule has 4 aromatic rings. The average Bonchev–Trinajstić information content (AvgIpc) is 2.77. The molecule has 0 aliphatic heterocycles. The van der Waals surface area contributed by atoms with E-state index >= 15 is 0 Å². The molecule has 144 valence electrons. The zero-order valence-corrected chi connectivity index (χ0v) is 15.8. The first-order valence-electron chi connectivity index (χ1n) is 9.23. The third-order valence-corrected chi connectivity index (χ3v) is 4.75. The van der Waals surface area contributed by atoms with Crippen LogP contribution in [0.1, 0.15) is 31.8 Å². The lowest BCUT2D eigenvalue weighted by Crippen LogP contribution is -2.03. The highest BCUT2D eigenvalue weighted by Gasteiger charge is 2.12. The van der Waals surface area contributed by atoms with Gasteiger partial charge in [-0.2, -0.15) is 0 Å². The highest BCUT2D eigenvalue weighted by molar-refractivity contribution is 5.96. The molecule has 0 bridgehead atoms. The second-order valence-electron chi connectivity index (χ2n) is 6.77. The lowest BCUT2D eigenvalue weighted by atomic mass is 9.98. The van der Waals surface area contributed by atoms with Gasteiger partial charge in [-0.15, -0.1) is 0 Å². The molecule has 4 heteroatoms. The summed E-state index contributed by atoms with van der Waals surface area (Å²) in [6, 6.07) is 25.4. The van der Waals surface area contributed by atoms with E-state index in [2.05, 4.69) is 11.8 Å². The number of hydrogen-bond acceptors (Lipinski definition) is 2. The van der Waals surface area contributed by atoms with Crippen LogP contribution >= 0.6 is 0 Å². The summed E-state index contributed by atoms with van der Waals surface area (Å²) in [6.07, 6.45) is 0. The van der Waals surface area contributed by atoms with Gasteiger partial charge in [0.25, 0.3) is 0 Å². The summed E-state index contributed by atoms with van der Waals surface area (Å²) in [5, 5.41) is 20.8. The molecule has 0 radical (unpaired) electrons. The number of benzene rings is 4. The molecule has 0 fully saturated rings. The predicted molar refractivity (Wildman–Crippen MR) is 116 cm³/mol. The summed E-state index contributed by atoms with van der Waals surface area (Å²) in [4.78, 5) is 22.8. The molecular weight excluding hydrogens is 376 g/mol. The van der Waals surface area contributed by atoms with Gasteiger partial charge in [0.1, 0.15) is 0 Å². The van der Waals surface area contributed by atoms with E-state index in [4.69, 9.17) is 0 Å². The Labute approximate surface area is 173 Å². The fourth-order valence-electron chi connectivity index (χ4n) is 3.29. The Balaban J connectivity index is 1.75. The Bertz CT molecular complexity index is 1320. The van der Waals surface area contributed by atoms with Crippen molar-refractivity contribution in [2.75, 3.05) is 0 Å². The highest BCUT2D eigenvalue weighted by Crippen LogP contribution is 2.24. The quantitative estimate of drug-likeness (QED) is 0.464. The molecule has 4 nitrogen and oxygen atoms in total. The van der Waals surface area contributed by atoms with Crippen molar-refractivity contribution in [3.63, 3.8) is 0 Å². The molecule has 4 rings (SSSR count). The molecule has 0 aromatic heterocycles. The van der Waals surface area contributed by atoms with Crippen molar-refractivity contribution < 1.29 is 19.8 Å². The maximum atomic E-state index is 11.4. The summed E-state index contributed by atoms with van der Waals surface area (Å²) < 4.78 is 0. The number of aromatic carboxylic acids is 2. The molecule has 0 spiro atoms. The second kappa shape index (κ2) is 7.94. The van der Waals surface area contributed by atoms with Gasteiger partial charge in [-0.1, -0.05) is 60.4 Å². The average molecular weight is 392 g/mol. The Hall–Kier alpha value is -4.36. The van der Waals surface area contributed by atoms with Crippen LogP contribution in [0.3, 0.4) is 0 Å². The molecule has 0 amide bonds. The Morgan fingerprint density at radius 3 is 2.03 bits per heavy atom. The lowest BCUT2D eigenvalue weighted by molar-refractivity contribution is 0.0696. The topological polar surface area (TPSA) is 74.6 Å². The molecule has 4 aromatic carbocycles. The second-order valence-corrected chi connectivity index (χ2v) is 6.77. The summed E-state index contributed by atoms with van der Waals surface area (Å²) in [6.45, 7) is 0. The van der Waals surface area contributed by atoms with Crippen LogP contribution in [-0.4, -0.2) is 22.2 Å². The third-order valence-electron chi connectivity index (χ3n) is 4.75. The number of fused-ring (bicyclic) bond motifs is 1. The van der Waals surface area contributed by atoms with E-state index < -0.39 is 11.9 Å². The van der Waals surface area contributed by atoms with Gasteiger partial charge in [0, 0.05) is 11.1 Å². The first-order valence-corrected chi connectivity index (χ1v) is 9.23. The van der Waals surface area contributed by atoms with E-state index in [9.17, 15) is 19.8 Å². The van der Waals surface area contributed by atoms with Crippen LogP contribution in [0.5, 0.6) is 0 Å². The monoisotopic (exact) mass is 392 g/mol. The van der Waals surface area contributed by atoms with Crippen molar-refractivity contribution in [3.05, 3.63) is 107 Å². The Kier molecular flexibility index (Phi) is 5.02. The predicted octanol–water partition coefficient (Wildman–Crippen LogP) is 5.30. The van der Waals surface area contributed by atoms with Crippen molar-refractivity contribution in [3.8, 4) is 23.0 Å². The summed E-state index contributed by atoms with van der Waals surface area (Å²) in [7, 11) is 0. The molecule has 0 saturated carbocycles. The molecule has 0 aliphatic carbocycles. The number of hydrogen-bond donors (Lipinski definition) is 2. The number of carboxylic acid groups (broad SMARTS) is 2. The Morgan fingerprint density at radius 1 is 0.633 bits per heavy atom. The summed E-state index contributed by atoms with van der Waals surface area (Å²) in [5.74, 6) is 4.01. The molecule has 2 N–H and O–H groups in total. The first kappa shape index (κ1) is 19.0. The molecular formula is C26H16O4. The van der Waals surface area contributed by atoms with Crippen molar-refractivity contribution in [2.24, 2.45) is 0 Å². The SMILES string of the molecule is O=C(O)c1cc(C(=O)O)cc(-c2cccc(C#Cc3cccc4ccccc34)c2)c1. The van der Waals surface area contributed by atoms with Crippen LogP contribution in [0.2, 0.25) is 0 Å². The highest BCUT2D eigenvalue weighted by atomic mass is 16.4. The van der Waals surface area contributed by atoms with Gasteiger partial charge >= 0.3 is 11.9 Å². The maximum Gasteiger partial charge on any atom is 0.335 e. The molecule has 30 heavy (non-hydrogen) atoms. The number of carbonyl (C=O) groups is 2. The van der Waals surface area contributed by atoms with Crippen molar-refractivity contribution in [1.29, 1.82) is 0 Å². The zero-order chi connectivity index (χ0) is 21.1. The molecule has 0 atom stereocenters. The van der Waals surface area contributed by atoms with E-state index in [0.717, 1.165) is 28.0 Å². The minimum Gasteiger partial charge on any atom is -0.478 e. The minimum atomic E-state index is -1.17. The van der Waals surface area contributed by atoms with Gasteiger partial charge in [-0.05, 0) is 58.3 Å². The van der Waals surface area contributed by atoms with E-state index in [0.29, 0.717) is 11.1 Å². The number of carboxylic acids is 2. The van der Waals surface area contributed by atoms with Gasteiger partial charge in [0.15, 0.2) is 0 Å². The van der Waals surface area contributed by atoms with E-state index in [1.54, 1.807) is 6.07 Å². The van der Waals surface area contributed by atoms with Crippen LogP contribution in [0.15, 0.2) is 84.9 Å². The maximum absolute atomic E-state index is 11.4. The Morgan fingerprint density at radius 2 is 1.30 bits per heavy atom. The lowest BCUT2D eigenvalue weighted by Gasteiger charge is -2.06. The standard InChI is InChI=1S/C26H16O4/c27-25(28)22-14-21(15-23(16-22)26(29)30)20-9-3-5-17(13-20)11-12-19-8-4-7-18-6-1-2-10-24(18)19/h1-10,13-16H,(H,27,28)(H,29,30). The summed E-state index contributed by atoms with van der Waals surface area (Å²) >= 11 is 0. The van der Waals surface area contributed by atoms with Gasteiger partial charge < -0.3 is 10.2 Å². The fourth-order valence-corrected chi connectivity index (χ4v) is 3.29. The van der Waals surface area contributed by atoms with E-state index in [1.807, 2.05) is 60.7 Å². The minimum absolute atomic E-state index is 0.0721. The van der Waals surface area contributed by atoms with Crippen molar-refractivity contribution in [2.45, 2.75) is 0 Å². The molecule has 0 heterocycles. The normalized spacial score (nSPS) is 10.3. The van der Waals surface area contributed by atoms with Crippen LogP contribution in [0, 0.1) is 11.8 Å². The van der Waals surface area contributed by atoms with Crippen molar-refractivity contribution in [1.82, 2.24) is 0 Å². The van der Waals surface area contributed by atoms with Gasteiger partial charge in [-0.3, -0.25) is 0 Å². The zero-order valence-electron chi connectivity index (χ0n) is 15.8. The van der Waals surface area contributed by atoms with Crippen LogP contribution in [-0.2, 0) is 0 Å². The number of rotatable bonds is 3. The fraction of sp³-hybridized carbons (Fsp3) is 0. The summed E-state index contributed by atoms with van der Waals surface area (Å²) in [5.41, 5.74) is 2.73. The largest absolute Gasteiger partial charge is 0.478 e. The first-order chi connectivity index (χ1) is 14.5. The molecule has 0 unspecified atom stereocenters. The van der Waals surface area contributed by atoms with Gasteiger partial charge in [0.2, 0.25) is 0 Å². The third kappa shape index (κ3) is 3.91. The molecule has 0 aliphatic rings. The van der Waals surface area contributed by atoms with Crippen molar-refractivity contribution >= 4 is 22.7 Å². The van der Waals surface area contributed by atoms with E-state index in [1.165, 1.54) is 12.1 Å². The van der Waals surface area contributed by atoms with Crippen LogP contribution < -0.4 is 0 Å². The molecule has 0 saturated heterocycles. The smallest absolute Gasteiger partial charge is 0.335 e. The van der Waals surface area contributed by atoms with Crippen LogP contribution in [0.25, 0.3) is 21.9 Å². The van der Waals surface area contributed by atoms with E-state index in [-0.39, 0.29) is 11.1 Å². The van der Waals surface area contributed by atoms with Gasteiger partial charge in [0.05, 0.1) is 11.1 Å². The van der Waals surface area contributed by atoms with Crippen LogP contribution in [0.4, 0.5) is 0 Å². The van der Waals surface area contributed by atoms with Gasteiger partial charge in [-0.25, -0.2) is 9.59 Å².